The number of hydrogen-bond acceptors (Lipinski definition) is 4. The van der Waals surface area contributed by atoms with Gasteiger partial charge in [-0.25, -0.2) is 8.42 Å². The second-order valence-electron chi connectivity index (χ2n) is 6.67. The average Bonchev–Trinajstić information content (AvgIpc) is 3.08. The van der Waals surface area contributed by atoms with Gasteiger partial charge < -0.3 is 4.90 Å². The normalized spacial score (nSPS) is 14.6. The Morgan fingerprint density at radius 3 is 2.44 bits per heavy atom. The second-order valence-corrected chi connectivity index (χ2v) is 8.68. The minimum Gasteiger partial charge on any atom is -0.312 e. The van der Waals surface area contributed by atoms with Gasteiger partial charge in [-0.2, -0.15) is 9.57 Å². The van der Waals surface area contributed by atoms with Crippen LogP contribution in [-0.2, 0) is 21.4 Å². The zero-order chi connectivity index (χ0) is 19.6. The molecule has 2 aromatic carbocycles. The summed E-state index contributed by atoms with van der Waals surface area (Å²) in [6, 6.07) is 13.9. The molecular formula is C20H21N3O3S. The molecule has 1 amide bonds. The van der Waals surface area contributed by atoms with E-state index < -0.39 is 10.0 Å². The van der Waals surface area contributed by atoms with E-state index in [0.29, 0.717) is 24.1 Å². The van der Waals surface area contributed by atoms with E-state index in [1.54, 1.807) is 54.3 Å². The summed E-state index contributed by atoms with van der Waals surface area (Å²) in [7, 11) is -2.14. The largest absolute Gasteiger partial charge is 0.312 e. The predicted octanol–water partition coefficient (Wildman–Crippen LogP) is 2.81. The van der Waals surface area contributed by atoms with E-state index in [1.165, 1.54) is 11.4 Å². The van der Waals surface area contributed by atoms with Crippen molar-refractivity contribution in [1.29, 1.82) is 5.26 Å². The molecular weight excluding hydrogens is 362 g/mol. The van der Waals surface area contributed by atoms with Crippen molar-refractivity contribution >= 4 is 21.6 Å². The average molecular weight is 383 g/mol. The molecule has 1 fully saturated rings. The highest BCUT2D eigenvalue weighted by atomic mass is 32.2. The fraction of sp³-hybridized carbons (Fsp3) is 0.300. The lowest BCUT2D eigenvalue weighted by Crippen LogP contribution is -2.28. The van der Waals surface area contributed by atoms with Crippen LogP contribution in [0.5, 0.6) is 0 Å². The van der Waals surface area contributed by atoms with Crippen LogP contribution >= 0.6 is 0 Å². The van der Waals surface area contributed by atoms with Gasteiger partial charge in [0.15, 0.2) is 0 Å². The minimum atomic E-state index is -3.67. The van der Waals surface area contributed by atoms with E-state index in [2.05, 4.69) is 0 Å². The molecule has 0 spiro atoms. The van der Waals surface area contributed by atoms with Crippen LogP contribution in [0.1, 0.15) is 29.5 Å². The first kappa shape index (κ1) is 19.1. The van der Waals surface area contributed by atoms with Crippen molar-refractivity contribution in [2.24, 2.45) is 0 Å². The lowest BCUT2D eigenvalue weighted by molar-refractivity contribution is -0.117. The number of nitriles is 1. The van der Waals surface area contributed by atoms with Crippen LogP contribution in [0.2, 0.25) is 0 Å². The van der Waals surface area contributed by atoms with Crippen molar-refractivity contribution in [3.05, 3.63) is 59.2 Å². The molecule has 0 unspecified atom stereocenters. The van der Waals surface area contributed by atoms with Gasteiger partial charge in [0, 0.05) is 32.2 Å². The van der Waals surface area contributed by atoms with Crippen LogP contribution in [0.15, 0.2) is 47.4 Å². The lowest BCUT2D eigenvalue weighted by Gasteiger charge is -2.21. The van der Waals surface area contributed by atoms with E-state index in [0.717, 1.165) is 17.7 Å². The van der Waals surface area contributed by atoms with Crippen molar-refractivity contribution < 1.29 is 13.2 Å². The smallest absolute Gasteiger partial charge is 0.243 e. The zero-order valence-electron chi connectivity index (χ0n) is 15.3. The summed E-state index contributed by atoms with van der Waals surface area (Å²) in [5, 5.41) is 8.86. The molecule has 140 valence electrons. The topological polar surface area (TPSA) is 81.5 Å². The van der Waals surface area contributed by atoms with Gasteiger partial charge in [-0.1, -0.05) is 12.1 Å². The van der Waals surface area contributed by atoms with E-state index >= 15 is 0 Å². The van der Waals surface area contributed by atoms with Gasteiger partial charge in [-0.15, -0.1) is 0 Å². The summed E-state index contributed by atoms with van der Waals surface area (Å²) in [4.78, 5) is 13.8. The SMILES string of the molecule is Cc1cc(N2CCCC2=O)ccc1S(=O)(=O)N(C)Cc1ccc(C#N)cc1. The first-order valence-corrected chi connectivity index (χ1v) is 10.1. The summed E-state index contributed by atoms with van der Waals surface area (Å²) in [5.74, 6) is 0.0722. The number of aryl methyl sites for hydroxylation is 1. The van der Waals surface area contributed by atoms with Crippen LogP contribution in [0.4, 0.5) is 5.69 Å². The van der Waals surface area contributed by atoms with Crippen LogP contribution in [-0.4, -0.2) is 32.2 Å². The van der Waals surface area contributed by atoms with Crippen molar-refractivity contribution in [3.8, 4) is 6.07 Å². The Hall–Kier alpha value is -2.69. The molecule has 0 saturated carbocycles. The monoisotopic (exact) mass is 383 g/mol. The number of hydrogen-bond donors (Lipinski definition) is 0. The Morgan fingerprint density at radius 1 is 1.19 bits per heavy atom. The standard InChI is InChI=1S/C20H21N3O3S/c1-15-12-18(23-11-3-4-20(23)24)9-10-19(15)27(25,26)22(2)14-17-7-5-16(13-21)6-8-17/h5-10,12H,3-4,11,14H2,1-2H3. The highest BCUT2D eigenvalue weighted by molar-refractivity contribution is 7.89. The van der Waals surface area contributed by atoms with Crippen LogP contribution < -0.4 is 4.90 Å². The van der Waals surface area contributed by atoms with Gasteiger partial charge in [0.05, 0.1) is 16.5 Å². The van der Waals surface area contributed by atoms with Gasteiger partial charge in [0.2, 0.25) is 15.9 Å². The maximum absolute atomic E-state index is 13.0. The van der Waals surface area contributed by atoms with Gasteiger partial charge in [-0.3, -0.25) is 4.79 Å². The van der Waals surface area contributed by atoms with Crippen molar-refractivity contribution in [3.63, 3.8) is 0 Å². The van der Waals surface area contributed by atoms with Gasteiger partial charge in [-0.05, 0) is 54.8 Å². The summed E-state index contributed by atoms with van der Waals surface area (Å²) in [6.45, 7) is 2.62. The van der Waals surface area contributed by atoms with Crippen LogP contribution in [0.3, 0.4) is 0 Å². The Balaban J connectivity index is 1.82. The molecule has 7 heteroatoms. The van der Waals surface area contributed by atoms with Crippen LogP contribution in [0.25, 0.3) is 0 Å². The Labute approximate surface area is 159 Å². The number of nitrogens with zero attached hydrogens (tertiary/aromatic N) is 3. The molecule has 0 bridgehead atoms. The Kier molecular flexibility index (Phi) is 5.31. The zero-order valence-corrected chi connectivity index (χ0v) is 16.2. The maximum atomic E-state index is 13.0. The number of amides is 1. The van der Waals surface area contributed by atoms with Gasteiger partial charge in [0.25, 0.3) is 0 Å². The molecule has 1 aliphatic heterocycles. The van der Waals surface area contributed by atoms with Gasteiger partial charge >= 0.3 is 0 Å². The molecule has 0 N–H and O–H groups in total. The number of benzene rings is 2. The molecule has 1 aliphatic rings. The summed E-state index contributed by atoms with van der Waals surface area (Å²) in [5.41, 5.74) is 2.69. The molecule has 0 atom stereocenters. The molecule has 0 aliphatic carbocycles. The third-order valence-corrected chi connectivity index (χ3v) is 6.68. The quantitative estimate of drug-likeness (QED) is 0.795. The van der Waals surface area contributed by atoms with Gasteiger partial charge in [0.1, 0.15) is 0 Å². The molecule has 6 nitrogen and oxygen atoms in total. The maximum Gasteiger partial charge on any atom is 0.243 e. The molecule has 3 rings (SSSR count). The Morgan fingerprint density at radius 2 is 1.89 bits per heavy atom. The summed E-state index contributed by atoms with van der Waals surface area (Å²) < 4.78 is 27.2. The van der Waals surface area contributed by atoms with E-state index in [1.807, 2.05) is 6.07 Å². The highest BCUT2D eigenvalue weighted by Gasteiger charge is 2.26. The number of anilines is 1. The lowest BCUT2D eigenvalue weighted by atomic mass is 10.1. The highest BCUT2D eigenvalue weighted by Crippen LogP contribution is 2.27. The molecule has 1 saturated heterocycles. The first-order chi connectivity index (χ1) is 12.8. The summed E-state index contributed by atoms with van der Waals surface area (Å²) in [6.07, 6.45) is 1.36. The van der Waals surface area contributed by atoms with Crippen LogP contribution in [0, 0.1) is 18.3 Å². The first-order valence-electron chi connectivity index (χ1n) is 8.69. The van der Waals surface area contributed by atoms with Crippen molar-refractivity contribution in [2.75, 3.05) is 18.5 Å². The summed E-state index contributed by atoms with van der Waals surface area (Å²) >= 11 is 0. The molecule has 2 aromatic rings. The molecule has 0 aromatic heterocycles. The predicted molar refractivity (Wildman–Crippen MR) is 103 cm³/mol. The van der Waals surface area contributed by atoms with Crippen molar-refractivity contribution in [2.45, 2.75) is 31.2 Å². The molecule has 0 radical (unpaired) electrons. The fourth-order valence-corrected chi connectivity index (χ4v) is 4.57. The number of sulfonamides is 1. The van der Waals surface area contributed by atoms with Crippen molar-refractivity contribution in [1.82, 2.24) is 4.31 Å². The van der Waals surface area contributed by atoms with E-state index in [4.69, 9.17) is 5.26 Å². The van der Waals surface area contributed by atoms with E-state index in [-0.39, 0.29) is 17.3 Å². The molecule has 1 heterocycles. The third kappa shape index (κ3) is 3.87. The fourth-order valence-electron chi connectivity index (χ4n) is 3.21. The number of rotatable bonds is 5. The Bertz CT molecular complexity index is 1010. The number of carbonyl (C=O) groups is 1. The minimum absolute atomic E-state index is 0.0722. The second kappa shape index (κ2) is 7.51. The molecule has 27 heavy (non-hydrogen) atoms. The number of carbonyl (C=O) groups excluding carboxylic acids is 1. The van der Waals surface area contributed by atoms with E-state index in [9.17, 15) is 13.2 Å². The third-order valence-electron chi connectivity index (χ3n) is 4.72.